The molecule has 0 aromatic heterocycles. The average Bonchev–Trinajstić information content (AvgIpc) is 2.41. The molecule has 0 heterocycles. The van der Waals surface area contributed by atoms with Crippen molar-refractivity contribution in [2.24, 2.45) is 5.73 Å². The number of benzene rings is 2. The largest absolute Gasteiger partial charge is 0.389 e. The summed E-state index contributed by atoms with van der Waals surface area (Å²) in [6.07, 6.45) is 0. The summed E-state index contributed by atoms with van der Waals surface area (Å²) in [5.41, 5.74) is 6.52. The molecule has 0 spiro atoms. The van der Waals surface area contributed by atoms with Crippen LogP contribution in [0.4, 0.5) is 5.69 Å². The van der Waals surface area contributed by atoms with Gasteiger partial charge in [-0.3, -0.25) is 4.72 Å². The van der Waals surface area contributed by atoms with Gasteiger partial charge in [0.05, 0.1) is 4.90 Å². The molecule has 0 saturated carbocycles. The van der Waals surface area contributed by atoms with Gasteiger partial charge in [-0.25, -0.2) is 8.42 Å². The second kappa shape index (κ2) is 5.78. The van der Waals surface area contributed by atoms with Crippen LogP contribution in [0, 0.1) is 0 Å². The summed E-state index contributed by atoms with van der Waals surface area (Å²) >= 11 is 10.6. The standard InChI is InChI=1S/C13H11ClN2O2S2/c14-10-3-5-11(6-4-10)16-20(17,18)12-7-1-9(2-8-12)13(15)19/h1-8,16H,(H2,15,19). The highest BCUT2D eigenvalue weighted by atomic mass is 35.5. The molecule has 0 radical (unpaired) electrons. The number of hydrogen-bond acceptors (Lipinski definition) is 3. The van der Waals surface area contributed by atoms with Crippen LogP contribution in [-0.2, 0) is 10.0 Å². The van der Waals surface area contributed by atoms with Crippen LogP contribution < -0.4 is 10.5 Å². The molecule has 0 aliphatic heterocycles. The van der Waals surface area contributed by atoms with Crippen LogP contribution in [0.15, 0.2) is 53.4 Å². The Morgan fingerprint density at radius 3 is 2.10 bits per heavy atom. The van der Waals surface area contributed by atoms with Crippen LogP contribution in [0.3, 0.4) is 0 Å². The van der Waals surface area contributed by atoms with Gasteiger partial charge in [-0.05, 0) is 36.4 Å². The molecule has 104 valence electrons. The Hall–Kier alpha value is -1.63. The van der Waals surface area contributed by atoms with Gasteiger partial charge in [0.2, 0.25) is 0 Å². The molecule has 20 heavy (non-hydrogen) atoms. The SMILES string of the molecule is NC(=S)c1ccc(S(=O)(=O)Nc2ccc(Cl)cc2)cc1. The summed E-state index contributed by atoms with van der Waals surface area (Å²) in [6.45, 7) is 0. The van der Waals surface area contributed by atoms with Crippen molar-refractivity contribution < 1.29 is 8.42 Å². The number of hydrogen-bond donors (Lipinski definition) is 2. The highest BCUT2D eigenvalue weighted by Gasteiger charge is 2.14. The molecule has 2 aromatic carbocycles. The fraction of sp³-hybridized carbons (Fsp3) is 0. The second-order valence-corrected chi connectivity index (χ2v) is 6.56. The smallest absolute Gasteiger partial charge is 0.261 e. The maximum Gasteiger partial charge on any atom is 0.261 e. The van der Waals surface area contributed by atoms with Gasteiger partial charge in [-0.15, -0.1) is 0 Å². The topological polar surface area (TPSA) is 72.2 Å². The van der Waals surface area contributed by atoms with E-state index in [0.717, 1.165) is 0 Å². The molecule has 2 rings (SSSR count). The van der Waals surface area contributed by atoms with E-state index in [1.807, 2.05) is 0 Å². The van der Waals surface area contributed by atoms with E-state index in [0.29, 0.717) is 16.3 Å². The van der Waals surface area contributed by atoms with E-state index < -0.39 is 10.0 Å². The van der Waals surface area contributed by atoms with Crippen molar-refractivity contribution in [2.45, 2.75) is 4.90 Å². The molecular formula is C13H11ClN2O2S2. The lowest BCUT2D eigenvalue weighted by Gasteiger charge is -2.08. The first kappa shape index (κ1) is 14.8. The lowest BCUT2D eigenvalue weighted by atomic mass is 10.2. The van der Waals surface area contributed by atoms with Gasteiger partial charge in [-0.2, -0.15) is 0 Å². The van der Waals surface area contributed by atoms with Crippen molar-refractivity contribution in [2.75, 3.05) is 4.72 Å². The predicted molar refractivity (Wildman–Crippen MR) is 84.6 cm³/mol. The third kappa shape index (κ3) is 3.47. The minimum Gasteiger partial charge on any atom is -0.389 e. The lowest BCUT2D eigenvalue weighted by molar-refractivity contribution is 0.601. The molecule has 0 fully saturated rings. The van der Waals surface area contributed by atoms with Crippen LogP contribution >= 0.6 is 23.8 Å². The highest BCUT2D eigenvalue weighted by Crippen LogP contribution is 2.18. The minimum atomic E-state index is -3.65. The van der Waals surface area contributed by atoms with E-state index >= 15 is 0 Å². The van der Waals surface area contributed by atoms with Crippen LogP contribution in [-0.4, -0.2) is 13.4 Å². The van der Waals surface area contributed by atoms with E-state index in [1.165, 1.54) is 12.1 Å². The average molecular weight is 327 g/mol. The normalized spacial score (nSPS) is 11.1. The number of halogens is 1. The van der Waals surface area contributed by atoms with Gasteiger partial charge in [0, 0.05) is 16.3 Å². The molecular weight excluding hydrogens is 316 g/mol. The number of nitrogens with two attached hydrogens (primary N) is 1. The van der Waals surface area contributed by atoms with Gasteiger partial charge >= 0.3 is 0 Å². The van der Waals surface area contributed by atoms with Gasteiger partial charge in [0.15, 0.2) is 0 Å². The van der Waals surface area contributed by atoms with Gasteiger partial charge in [-0.1, -0.05) is 36.0 Å². The summed E-state index contributed by atoms with van der Waals surface area (Å²) in [7, 11) is -3.65. The molecule has 0 saturated heterocycles. The zero-order valence-corrected chi connectivity index (χ0v) is 12.6. The van der Waals surface area contributed by atoms with Crippen molar-refractivity contribution in [1.82, 2.24) is 0 Å². The Morgan fingerprint density at radius 1 is 1.05 bits per heavy atom. The Morgan fingerprint density at radius 2 is 1.60 bits per heavy atom. The van der Waals surface area contributed by atoms with E-state index in [2.05, 4.69) is 4.72 Å². The Bertz CT molecular complexity index is 726. The summed E-state index contributed by atoms with van der Waals surface area (Å²) in [5.74, 6) is 0. The van der Waals surface area contributed by atoms with Crippen molar-refractivity contribution in [3.8, 4) is 0 Å². The lowest BCUT2D eigenvalue weighted by Crippen LogP contribution is -2.14. The number of thiocarbonyl (C=S) groups is 1. The summed E-state index contributed by atoms with van der Waals surface area (Å²) in [6, 6.07) is 12.4. The molecule has 7 heteroatoms. The zero-order chi connectivity index (χ0) is 14.8. The first-order chi connectivity index (χ1) is 9.38. The number of anilines is 1. The van der Waals surface area contributed by atoms with Crippen LogP contribution in [0.2, 0.25) is 5.02 Å². The van der Waals surface area contributed by atoms with Crippen LogP contribution in [0.1, 0.15) is 5.56 Å². The molecule has 0 aliphatic carbocycles. The Balaban J connectivity index is 2.26. The summed E-state index contributed by atoms with van der Waals surface area (Å²) in [4.78, 5) is 0.354. The van der Waals surface area contributed by atoms with Crippen molar-refractivity contribution in [3.63, 3.8) is 0 Å². The minimum absolute atomic E-state index is 0.132. The first-order valence-corrected chi connectivity index (χ1v) is 7.84. The second-order valence-electron chi connectivity index (χ2n) is 4.00. The molecule has 0 atom stereocenters. The molecule has 0 unspecified atom stereocenters. The molecule has 0 aliphatic rings. The monoisotopic (exact) mass is 326 g/mol. The van der Waals surface area contributed by atoms with Crippen molar-refractivity contribution >= 4 is 44.5 Å². The molecule has 0 amide bonds. The third-order valence-corrected chi connectivity index (χ3v) is 4.43. The highest BCUT2D eigenvalue weighted by molar-refractivity contribution is 7.92. The fourth-order valence-electron chi connectivity index (χ4n) is 1.53. The summed E-state index contributed by atoms with van der Waals surface area (Å²) in [5, 5.41) is 0.536. The van der Waals surface area contributed by atoms with E-state index in [1.54, 1.807) is 36.4 Å². The molecule has 0 bridgehead atoms. The first-order valence-electron chi connectivity index (χ1n) is 5.57. The van der Waals surface area contributed by atoms with Gasteiger partial charge in [0.1, 0.15) is 4.99 Å². The molecule has 3 N–H and O–H groups in total. The molecule has 4 nitrogen and oxygen atoms in total. The Labute approximate surface area is 127 Å². The fourth-order valence-corrected chi connectivity index (χ4v) is 2.85. The van der Waals surface area contributed by atoms with Crippen LogP contribution in [0.25, 0.3) is 0 Å². The van der Waals surface area contributed by atoms with Gasteiger partial charge < -0.3 is 5.73 Å². The number of rotatable bonds is 4. The number of sulfonamides is 1. The maximum atomic E-state index is 12.2. The Kier molecular flexibility index (Phi) is 4.27. The third-order valence-electron chi connectivity index (χ3n) is 2.55. The summed E-state index contributed by atoms with van der Waals surface area (Å²) < 4.78 is 26.8. The zero-order valence-electron chi connectivity index (χ0n) is 10.2. The van der Waals surface area contributed by atoms with Gasteiger partial charge in [0.25, 0.3) is 10.0 Å². The van der Waals surface area contributed by atoms with Crippen LogP contribution in [0.5, 0.6) is 0 Å². The van der Waals surface area contributed by atoms with E-state index in [9.17, 15) is 8.42 Å². The van der Waals surface area contributed by atoms with E-state index in [4.69, 9.17) is 29.6 Å². The quantitative estimate of drug-likeness (QED) is 0.847. The number of nitrogens with one attached hydrogen (secondary N) is 1. The van der Waals surface area contributed by atoms with E-state index in [-0.39, 0.29) is 9.88 Å². The van der Waals surface area contributed by atoms with Crippen molar-refractivity contribution in [1.29, 1.82) is 0 Å². The maximum absolute atomic E-state index is 12.2. The predicted octanol–water partition coefficient (Wildman–Crippen LogP) is 2.78. The molecule has 2 aromatic rings. The van der Waals surface area contributed by atoms with Crippen molar-refractivity contribution in [3.05, 3.63) is 59.1 Å².